The molecule has 3 rings (SSSR count). The number of hydrogen-bond donors (Lipinski definition) is 0. The molecule has 19 heavy (non-hydrogen) atoms. The first-order valence-corrected chi connectivity index (χ1v) is 7.64. The van der Waals surface area contributed by atoms with Gasteiger partial charge in [0.1, 0.15) is 11.3 Å². The van der Waals surface area contributed by atoms with Crippen molar-refractivity contribution in [1.82, 2.24) is 14.5 Å². The molecule has 1 unspecified atom stereocenters. The van der Waals surface area contributed by atoms with Crippen LogP contribution >= 0.6 is 22.9 Å². The summed E-state index contributed by atoms with van der Waals surface area (Å²) < 4.78 is 2.20. The molecule has 0 spiro atoms. The van der Waals surface area contributed by atoms with Crippen molar-refractivity contribution in [2.75, 3.05) is 5.88 Å². The number of fused-ring (bicyclic) bond motifs is 1. The first-order valence-electron chi connectivity index (χ1n) is 6.22. The van der Waals surface area contributed by atoms with Crippen molar-refractivity contribution in [3.05, 3.63) is 46.5 Å². The summed E-state index contributed by atoms with van der Waals surface area (Å²) in [7, 11) is 0. The van der Waals surface area contributed by atoms with Crippen LogP contribution in [0.4, 0.5) is 0 Å². The highest BCUT2D eigenvalue weighted by Gasteiger charge is 2.18. The molecule has 3 aromatic heterocycles. The molecule has 0 aliphatic carbocycles. The van der Waals surface area contributed by atoms with Gasteiger partial charge < -0.3 is 4.57 Å². The molecule has 3 heterocycles. The molecule has 0 N–H and O–H groups in total. The zero-order chi connectivity index (χ0) is 13.2. The summed E-state index contributed by atoms with van der Waals surface area (Å²) in [5, 5.41) is 2.10. The number of rotatable bonds is 4. The summed E-state index contributed by atoms with van der Waals surface area (Å²) in [4.78, 5) is 10.4. The van der Waals surface area contributed by atoms with Gasteiger partial charge in [-0.3, -0.25) is 0 Å². The van der Waals surface area contributed by atoms with E-state index < -0.39 is 0 Å². The Morgan fingerprint density at radius 2 is 2.26 bits per heavy atom. The second-order valence-electron chi connectivity index (χ2n) is 4.37. The summed E-state index contributed by atoms with van der Waals surface area (Å²) in [6, 6.07) is 8.37. The van der Waals surface area contributed by atoms with Gasteiger partial charge in [-0.2, -0.15) is 0 Å². The third-order valence-corrected chi connectivity index (χ3v) is 4.41. The number of aromatic nitrogens is 3. The highest BCUT2D eigenvalue weighted by atomic mass is 35.5. The van der Waals surface area contributed by atoms with E-state index in [-0.39, 0.29) is 6.04 Å². The Morgan fingerprint density at radius 1 is 1.37 bits per heavy atom. The zero-order valence-corrected chi connectivity index (χ0v) is 12.2. The van der Waals surface area contributed by atoms with E-state index in [0.29, 0.717) is 5.88 Å². The predicted octanol–water partition coefficient (Wildman–Crippen LogP) is 3.88. The Labute approximate surface area is 120 Å². The van der Waals surface area contributed by atoms with Gasteiger partial charge in [0.25, 0.3) is 0 Å². The second kappa shape index (κ2) is 5.31. The van der Waals surface area contributed by atoms with E-state index >= 15 is 0 Å². The number of halogens is 1. The lowest BCUT2D eigenvalue weighted by Crippen LogP contribution is -2.10. The third-order valence-electron chi connectivity index (χ3n) is 3.18. The van der Waals surface area contributed by atoms with Crippen molar-refractivity contribution >= 4 is 34.1 Å². The van der Waals surface area contributed by atoms with Gasteiger partial charge >= 0.3 is 0 Å². The van der Waals surface area contributed by atoms with Crippen LogP contribution in [0.25, 0.3) is 11.2 Å². The van der Waals surface area contributed by atoms with Crippen molar-refractivity contribution in [2.45, 2.75) is 19.4 Å². The minimum Gasteiger partial charge on any atom is -0.304 e. The van der Waals surface area contributed by atoms with Crippen molar-refractivity contribution in [1.29, 1.82) is 0 Å². The fourth-order valence-corrected chi connectivity index (χ4v) is 3.24. The lowest BCUT2D eigenvalue weighted by molar-refractivity contribution is 0.628. The van der Waals surface area contributed by atoms with Gasteiger partial charge in [-0.1, -0.05) is 6.07 Å². The van der Waals surface area contributed by atoms with E-state index in [2.05, 4.69) is 39.0 Å². The van der Waals surface area contributed by atoms with E-state index in [9.17, 15) is 0 Å². The van der Waals surface area contributed by atoms with E-state index in [4.69, 9.17) is 11.6 Å². The number of hydrogen-bond acceptors (Lipinski definition) is 3. The lowest BCUT2D eigenvalue weighted by Gasteiger charge is -2.15. The number of aryl methyl sites for hydroxylation is 1. The molecule has 0 saturated carbocycles. The summed E-state index contributed by atoms with van der Waals surface area (Å²) in [5.74, 6) is 1.57. The van der Waals surface area contributed by atoms with E-state index in [1.165, 1.54) is 4.88 Å². The number of nitrogens with zero attached hydrogens (tertiary/aromatic N) is 3. The van der Waals surface area contributed by atoms with Crippen LogP contribution in [0.15, 0.2) is 35.8 Å². The van der Waals surface area contributed by atoms with Gasteiger partial charge in [0, 0.05) is 23.4 Å². The second-order valence-corrected chi connectivity index (χ2v) is 5.73. The number of thiophene rings is 1. The Morgan fingerprint density at radius 3 is 3.00 bits per heavy atom. The molecule has 0 aromatic carbocycles. The quantitative estimate of drug-likeness (QED) is 0.683. The fraction of sp³-hybridized carbons (Fsp3) is 0.286. The van der Waals surface area contributed by atoms with Crippen LogP contribution in [0, 0.1) is 0 Å². The molecule has 0 bridgehead atoms. The van der Waals surface area contributed by atoms with E-state index in [0.717, 1.165) is 23.4 Å². The number of pyridine rings is 1. The number of imidazole rings is 1. The van der Waals surface area contributed by atoms with Gasteiger partial charge in [-0.05, 0) is 30.5 Å². The van der Waals surface area contributed by atoms with E-state index in [1.54, 1.807) is 11.3 Å². The van der Waals surface area contributed by atoms with Crippen LogP contribution in [0.3, 0.4) is 0 Å². The maximum Gasteiger partial charge on any atom is 0.160 e. The van der Waals surface area contributed by atoms with Crippen molar-refractivity contribution in [2.24, 2.45) is 0 Å². The summed E-state index contributed by atoms with van der Waals surface area (Å²) in [6.45, 7) is 2.18. The lowest BCUT2D eigenvalue weighted by atomic mass is 10.2. The maximum absolute atomic E-state index is 5.89. The Balaban J connectivity index is 2.17. The molecule has 0 fully saturated rings. The molecule has 1 atom stereocenters. The average molecular weight is 292 g/mol. The van der Waals surface area contributed by atoms with Gasteiger partial charge in [0.05, 0.1) is 6.04 Å². The normalized spacial score (nSPS) is 12.9. The minimum absolute atomic E-state index is 0.234. The molecule has 0 amide bonds. The number of alkyl halides is 1. The van der Waals surface area contributed by atoms with Crippen LogP contribution in [-0.4, -0.2) is 20.4 Å². The van der Waals surface area contributed by atoms with Crippen molar-refractivity contribution in [3.63, 3.8) is 0 Å². The molecule has 0 radical (unpaired) electrons. The smallest absolute Gasteiger partial charge is 0.160 e. The first-order chi connectivity index (χ1) is 9.31. The molecule has 0 saturated heterocycles. The fourth-order valence-electron chi connectivity index (χ4n) is 2.30. The monoisotopic (exact) mass is 291 g/mol. The van der Waals surface area contributed by atoms with Crippen LogP contribution in [0.5, 0.6) is 0 Å². The van der Waals surface area contributed by atoms with Crippen LogP contribution in [-0.2, 0) is 6.42 Å². The molecule has 5 heteroatoms. The third kappa shape index (κ3) is 2.26. The van der Waals surface area contributed by atoms with Crippen molar-refractivity contribution < 1.29 is 0 Å². The van der Waals surface area contributed by atoms with E-state index in [1.807, 2.05) is 18.3 Å². The Bertz CT molecular complexity index is 675. The van der Waals surface area contributed by atoms with Crippen LogP contribution in [0.1, 0.15) is 23.7 Å². The predicted molar refractivity (Wildman–Crippen MR) is 80.1 cm³/mol. The summed E-state index contributed by atoms with van der Waals surface area (Å²) in [6.07, 6.45) is 2.57. The zero-order valence-electron chi connectivity index (χ0n) is 10.6. The van der Waals surface area contributed by atoms with Crippen molar-refractivity contribution in [3.8, 4) is 0 Å². The SMILES string of the molecule is CC(c1cccs1)n1c(CCCl)nc2cccnc21. The van der Waals surface area contributed by atoms with Crippen LogP contribution < -0.4 is 0 Å². The molecule has 3 aromatic rings. The van der Waals surface area contributed by atoms with Gasteiger partial charge in [-0.25, -0.2) is 9.97 Å². The first kappa shape index (κ1) is 12.6. The molecule has 98 valence electrons. The summed E-state index contributed by atoms with van der Waals surface area (Å²) >= 11 is 7.65. The largest absolute Gasteiger partial charge is 0.304 e. The standard InChI is InChI=1S/C14H14ClN3S/c1-10(12-5-3-9-19-12)18-13(6-7-15)17-11-4-2-8-16-14(11)18/h2-5,8-10H,6-7H2,1H3. The van der Waals surface area contributed by atoms with Gasteiger partial charge in [0.2, 0.25) is 0 Å². The molecule has 0 aliphatic rings. The molecular formula is C14H14ClN3S. The highest BCUT2D eigenvalue weighted by molar-refractivity contribution is 7.10. The minimum atomic E-state index is 0.234. The molecule has 3 nitrogen and oxygen atoms in total. The molecule has 0 aliphatic heterocycles. The Hall–Kier alpha value is -1.39. The summed E-state index contributed by atoms with van der Waals surface area (Å²) in [5.41, 5.74) is 1.87. The van der Waals surface area contributed by atoms with Crippen LogP contribution in [0.2, 0.25) is 0 Å². The van der Waals surface area contributed by atoms with Gasteiger partial charge in [-0.15, -0.1) is 22.9 Å². The molecular weight excluding hydrogens is 278 g/mol. The topological polar surface area (TPSA) is 30.7 Å². The average Bonchev–Trinajstić information content (AvgIpc) is 3.06. The maximum atomic E-state index is 5.89. The highest BCUT2D eigenvalue weighted by Crippen LogP contribution is 2.27. The Kier molecular flexibility index (Phi) is 3.53. The van der Waals surface area contributed by atoms with Gasteiger partial charge in [0.15, 0.2) is 5.65 Å².